The maximum absolute atomic E-state index is 14.5. The highest BCUT2D eigenvalue weighted by molar-refractivity contribution is 5.81. The van der Waals surface area contributed by atoms with E-state index in [9.17, 15) is 70.2 Å². The number of hydrogen-bond donors (Lipinski definition) is 13. The average molecular weight is 1450 g/mol. The van der Waals surface area contributed by atoms with E-state index in [2.05, 4.69) is 16.0 Å². The highest BCUT2D eigenvalue weighted by atomic mass is 16.7. The number of ether oxygens (including phenoxy) is 7. The summed E-state index contributed by atoms with van der Waals surface area (Å²) in [5.74, 6) is -6.62. The molecule has 19 atom stereocenters. The molecule has 19 unspecified atom stereocenters. The van der Waals surface area contributed by atoms with Crippen molar-refractivity contribution in [3.05, 3.63) is 204 Å². The van der Waals surface area contributed by atoms with E-state index < -0.39 is 159 Å². The Labute approximate surface area is 613 Å². The van der Waals surface area contributed by atoms with Gasteiger partial charge in [-0.25, -0.2) is 9.59 Å². The predicted molar refractivity (Wildman–Crippen MR) is 390 cm³/mol. The number of amides is 3. The first-order chi connectivity index (χ1) is 50.5. The molecule has 4 aromatic rings. The van der Waals surface area contributed by atoms with Crippen molar-refractivity contribution < 1.29 is 103 Å². The first kappa shape index (κ1) is 81.1. The maximum Gasteiger partial charge on any atom is 0.407 e. The molecule has 0 saturated carbocycles. The summed E-state index contributed by atoms with van der Waals surface area (Å²) in [7, 11) is 0. The third kappa shape index (κ3) is 22.8. The number of rotatable bonds is 14. The van der Waals surface area contributed by atoms with Crippen molar-refractivity contribution in [2.45, 2.75) is 188 Å². The Hall–Kier alpha value is -8.02. The summed E-state index contributed by atoms with van der Waals surface area (Å²) in [4.78, 5) is 54.0. The number of hydrogen-bond acceptors (Lipinski definition) is 21. The second-order valence-corrected chi connectivity index (χ2v) is 27.8. The Bertz CT molecular complexity index is 3620. The van der Waals surface area contributed by atoms with Crippen LogP contribution in [0.15, 0.2) is 182 Å². The first-order valence-electron chi connectivity index (χ1n) is 36.3. The Kier molecular flexibility index (Phi) is 30.5. The minimum atomic E-state index is -2.42. The minimum Gasteiger partial charge on any atom is -0.462 e. The summed E-state index contributed by atoms with van der Waals surface area (Å²) in [6, 6.07) is 30.1. The van der Waals surface area contributed by atoms with Gasteiger partial charge < -0.3 is 100 Å². The van der Waals surface area contributed by atoms with Gasteiger partial charge in [-0.1, -0.05) is 196 Å². The van der Waals surface area contributed by atoms with Crippen molar-refractivity contribution in [1.82, 2.24) is 16.0 Å². The van der Waals surface area contributed by atoms with Crippen molar-refractivity contribution in [3.63, 3.8) is 0 Å². The standard InChI is InChI=1S/C81H103N3O21/c1-49-25-15-13-11-9-7-5-6-8-10-12-14-16-26-56(104-78-76(94)73(75(93)52(4)103-78)84-80(97)101-48-66-63-33-23-19-29-59(63)60-30-20-24-34-64(60)66)44-70-72(77(95)82-37-39-99-40-38-83-79(96)100-47-65-61-31-21-17-27-57(61)58-28-18-22-32-62(58)65)69(90)46-81(98,105-70)45-55(87)42-68(89)67(88)36-35-53(85)41-54(86)43-71(91)102-51(3)50(2)74(49)92/h5-34,49-56,65-70,72-76,78,85-90,92-94,98H,35-48H2,1-4H3,(H,82,95)(H,83,96)(H,84,97). The quantitative estimate of drug-likeness (QED) is 0.0347. The van der Waals surface area contributed by atoms with E-state index in [-0.39, 0.29) is 83.0 Å². The lowest BCUT2D eigenvalue weighted by Crippen LogP contribution is -2.64. The second kappa shape index (κ2) is 39.5. The zero-order valence-electron chi connectivity index (χ0n) is 59.7. The molecule has 24 heteroatoms. The second-order valence-electron chi connectivity index (χ2n) is 27.8. The number of fused-ring (bicyclic) bond motifs is 8. The first-order valence-corrected chi connectivity index (χ1v) is 36.3. The van der Waals surface area contributed by atoms with Crippen molar-refractivity contribution in [2.24, 2.45) is 17.8 Å². The number of alkyl carbamates (subject to hydrolysis) is 2. The van der Waals surface area contributed by atoms with E-state index in [1.807, 2.05) is 116 Å². The third-order valence-electron chi connectivity index (χ3n) is 20.0. The fourth-order valence-electron chi connectivity index (χ4n) is 14.2. The molecule has 2 saturated heterocycles. The third-order valence-corrected chi connectivity index (χ3v) is 20.0. The summed E-state index contributed by atoms with van der Waals surface area (Å²) in [5.41, 5.74) is 8.27. The number of carbonyl (C=O) groups excluding carboxylic acids is 4. The van der Waals surface area contributed by atoms with Crippen molar-refractivity contribution in [2.75, 3.05) is 39.5 Å². The highest BCUT2D eigenvalue weighted by Crippen LogP contribution is 2.46. The smallest absolute Gasteiger partial charge is 0.407 e. The topological polar surface area (TPSA) is 371 Å². The molecule has 0 aromatic heterocycles. The summed E-state index contributed by atoms with van der Waals surface area (Å²) < 4.78 is 41.8. The monoisotopic (exact) mass is 1450 g/mol. The van der Waals surface area contributed by atoms with E-state index in [0.717, 1.165) is 44.5 Å². The molecule has 9 rings (SSSR count). The summed E-state index contributed by atoms with van der Waals surface area (Å²) >= 11 is 0. The number of carbonyl (C=O) groups is 4. The van der Waals surface area contributed by atoms with Crippen LogP contribution in [-0.2, 0) is 42.7 Å². The molecule has 0 spiro atoms. The van der Waals surface area contributed by atoms with E-state index in [1.54, 1.807) is 86.8 Å². The lowest BCUT2D eigenvalue weighted by atomic mass is 9.82. The van der Waals surface area contributed by atoms with Crippen LogP contribution in [0.5, 0.6) is 0 Å². The summed E-state index contributed by atoms with van der Waals surface area (Å²) in [6.07, 6.45) is 0.150. The molecular weight excluding hydrogens is 1350 g/mol. The van der Waals surface area contributed by atoms with Crippen molar-refractivity contribution >= 4 is 24.1 Å². The van der Waals surface area contributed by atoms with Crippen LogP contribution in [-0.4, -0.2) is 212 Å². The van der Waals surface area contributed by atoms with Gasteiger partial charge >= 0.3 is 18.2 Å². The number of benzene rings is 4. The van der Waals surface area contributed by atoms with E-state index in [0.29, 0.717) is 0 Å². The molecular formula is C81H103N3O21. The van der Waals surface area contributed by atoms with Gasteiger partial charge in [-0.05, 0) is 77.6 Å². The summed E-state index contributed by atoms with van der Waals surface area (Å²) in [5, 5.41) is 122. The lowest BCUT2D eigenvalue weighted by Gasteiger charge is -2.46. The molecule has 3 aliphatic heterocycles. The Morgan fingerprint density at radius 2 is 1.03 bits per heavy atom. The van der Waals surface area contributed by atoms with E-state index >= 15 is 0 Å². The number of allylic oxidation sites excluding steroid dienone is 12. The van der Waals surface area contributed by atoms with E-state index in [1.165, 1.54) is 6.92 Å². The normalized spacial score (nSPS) is 31.2. The lowest BCUT2D eigenvalue weighted by molar-refractivity contribution is -0.307. The predicted octanol–water partition coefficient (Wildman–Crippen LogP) is 6.88. The van der Waals surface area contributed by atoms with Gasteiger partial charge in [-0.15, -0.1) is 0 Å². The van der Waals surface area contributed by atoms with Crippen LogP contribution >= 0.6 is 0 Å². The number of cyclic esters (lactones) is 1. The molecule has 4 aromatic carbocycles. The average Bonchev–Trinajstić information content (AvgIpc) is 1.71. The van der Waals surface area contributed by atoms with Crippen LogP contribution in [0.3, 0.4) is 0 Å². The van der Waals surface area contributed by atoms with E-state index in [4.69, 9.17) is 33.2 Å². The Morgan fingerprint density at radius 3 is 1.58 bits per heavy atom. The largest absolute Gasteiger partial charge is 0.462 e. The van der Waals surface area contributed by atoms with Gasteiger partial charge in [0.2, 0.25) is 5.91 Å². The molecule has 2 bridgehead atoms. The zero-order chi connectivity index (χ0) is 75.2. The molecule has 5 aliphatic rings. The van der Waals surface area contributed by atoms with Crippen molar-refractivity contribution in [1.29, 1.82) is 0 Å². The van der Waals surface area contributed by atoms with Crippen LogP contribution in [0.2, 0.25) is 0 Å². The van der Waals surface area contributed by atoms with Crippen LogP contribution in [0.1, 0.15) is 113 Å². The molecule has 24 nitrogen and oxygen atoms in total. The fraction of sp³-hybridized carbons (Fsp3) is 0.481. The minimum absolute atomic E-state index is 0.0311. The molecule has 105 heavy (non-hydrogen) atoms. The van der Waals surface area contributed by atoms with Gasteiger partial charge in [0.1, 0.15) is 31.5 Å². The fourth-order valence-corrected chi connectivity index (χ4v) is 14.2. The van der Waals surface area contributed by atoms with Crippen LogP contribution in [0.4, 0.5) is 9.59 Å². The SMILES string of the molecule is CC1C=CC=CC=CC=CC=CC=CC=CC(OC2OC(C)C(O)C(NC(=O)OCC3c4ccccc4-c4ccccc43)C2O)CC2OC(O)(CC(O)CC(O)C(O)CCC(O)CC(O)CC(=O)OC(C)C(C)C1O)CC(O)C2C(=O)NCCOCCNC(=O)OCC1c2ccccc2-c2ccccc21. The molecule has 2 aliphatic carbocycles. The van der Waals surface area contributed by atoms with Crippen LogP contribution < -0.4 is 16.0 Å². The Morgan fingerprint density at radius 1 is 0.524 bits per heavy atom. The number of nitrogens with one attached hydrogen (secondary N) is 3. The van der Waals surface area contributed by atoms with Crippen LogP contribution in [0.25, 0.3) is 22.3 Å². The number of aliphatic hydroxyl groups is 10. The van der Waals surface area contributed by atoms with Crippen molar-refractivity contribution in [3.8, 4) is 22.3 Å². The molecule has 2 fully saturated rings. The molecule has 3 heterocycles. The molecule has 13 N–H and O–H groups in total. The van der Waals surface area contributed by atoms with Gasteiger partial charge in [0.05, 0.1) is 92.6 Å². The number of esters is 1. The molecule has 568 valence electrons. The van der Waals surface area contributed by atoms with Gasteiger partial charge in [-0.2, -0.15) is 0 Å². The highest BCUT2D eigenvalue weighted by Gasteiger charge is 2.51. The zero-order valence-corrected chi connectivity index (χ0v) is 59.7. The van der Waals surface area contributed by atoms with Gasteiger partial charge in [0.15, 0.2) is 12.1 Å². The maximum atomic E-state index is 14.5. The van der Waals surface area contributed by atoms with Gasteiger partial charge in [-0.3, -0.25) is 9.59 Å². The molecule has 3 amide bonds. The molecule has 0 radical (unpaired) electrons. The summed E-state index contributed by atoms with van der Waals surface area (Å²) in [6.45, 7) is 6.72. The Balaban J connectivity index is 0.903. The van der Waals surface area contributed by atoms with Gasteiger partial charge in [0.25, 0.3) is 0 Å². The number of aliphatic hydroxyl groups excluding tert-OH is 9. The van der Waals surface area contributed by atoms with Crippen LogP contribution in [0, 0.1) is 17.8 Å². The van der Waals surface area contributed by atoms with Gasteiger partial charge in [0, 0.05) is 62.4 Å².